The van der Waals surface area contributed by atoms with Gasteiger partial charge in [-0.25, -0.2) is 0 Å². The highest BCUT2D eigenvalue weighted by atomic mass is 32.2. The van der Waals surface area contributed by atoms with Crippen LogP contribution in [0.3, 0.4) is 0 Å². The Hall–Kier alpha value is -4.05. The first-order chi connectivity index (χ1) is 17.0. The number of Topliss-reactive ketones (excluding diaryl/α,β-unsaturated/α-hetero) is 1. The lowest BCUT2D eigenvalue weighted by Crippen LogP contribution is -2.25. The molecule has 5 rings (SSSR count). The Bertz CT molecular complexity index is 1430. The van der Waals surface area contributed by atoms with E-state index < -0.39 is 6.10 Å². The van der Waals surface area contributed by atoms with Crippen LogP contribution in [-0.4, -0.2) is 38.8 Å². The van der Waals surface area contributed by atoms with Crippen LogP contribution < -0.4 is 14.8 Å². The number of ketones is 1. The van der Waals surface area contributed by atoms with Crippen LogP contribution in [0.15, 0.2) is 70.8 Å². The molecule has 1 N–H and O–H groups in total. The maximum Gasteiger partial charge on any atom is 0.234 e. The van der Waals surface area contributed by atoms with E-state index in [1.165, 1.54) is 18.7 Å². The molecule has 1 amide bonds. The number of hydrogen-bond acceptors (Lipinski definition) is 8. The summed E-state index contributed by atoms with van der Waals surface area (Å²) in [7, 11) is 0. The van der Waals surface area contributed by atoms with Gasteiger partial charge < -0.3 is 19.2 Å². The number of rotatable bonds is 8. The number of carbonyl (C=O) groups is 2. The molecule has 178 valence electrons. The van der Waals surface area contributed by atoms with E-state index in [0.717, 1.165) is 0 Å². The van der Waals surface area contributed by atoms with E-state index in [-0.39, 0.29) is 23.2 Å². The maximum absolute atomic E-state index is 12.8. The van der Waals surface area contributed by atoms with Crippen molar-refractivity contribution in [1.29, 1.82) is 0 Å². The Morgan fingerprint density at radius 3 is 2.74 bits per heavy atom. The van der Waals surface area contributed by atoms with E-state index >= 15 is 0 Å². The minimum Gasteiger partial charge on any atom is -0.485 e. The highest BCUT2D eigenvalue weighted by Gasteiger charge is 2.28. The number of nitrogens with one attached hydrogen (secondary N) is 1. The lowest BCUT2D eigenvalue weighted by atomic mass is 10.2. The molecule has 0 bridgehead atoms. The van der Waals surface area contributed by atoms with Crippen molar-refractivity contribution in [3.63, 3.8) is 0 Å². The normalized spacial score (nSPS) is 14.6. The topological polar surface area (TPSA) is 108 Å². The summed E-state index contributed by atoms with van der Waals surface area (Å²) >= 11 is 1.22. The summed E-state index contributed by atoms with van der Waals surface area (Å²) in [5.74, 6) is 1.51. The van der Waals surface area contributed by atoms with Gasteiger partial charge in [-0.1, -0.05) is 42.1 Å². The van der Waals surface area contributed by atoms with E-state index in [2.05, 4.69) is 22.1 Å². The van der Waals surface area contributed by atoms with E-state index in [9.17, 15) is 9.59 Å². The molecule has 0 aliphatic carbocycles. The standard InChI is InChI=1S/C25H22N4O5S/c1-3-12-29-24(20-13-32-18-10-6-7-11-19(18)33-20)27-28-25(29)35-14-21(31)26-22-16-8-4-5-9-17(16)34-23(22)15(2)30/h3-11,20H,1,12-14H2,2H3,(H,26,31). The number of para-hydroxylation sites is 3. The van der Waals surface area contributed by atoms with Gasteiger partial charge in [0.1, 0.15) is 12.2 Å². The molecule has 1 atom stereocenters. The van der Waals surface area contributed by atoms with Gasteiger partial charge in [-0.15, -0.1) is 16.8 Å². The third kappa shape index (κ3) is 4.52. The Morgan fingerprint density at radius 2 is 1.94 bits per heavy atom. The quantitative estimate of drug-likeness (QED) is 0.216. The number of furan rings is 1. The first-order valence-corrected chi connectivity index (χ1v) is 11.9. The molecule has 0 spiro atoms. The van der Waals surface area contributed by atoms with Gasteiger partial charge in [0.2, 0.25) is 5.91 Å². The number of amides is 1. The number of nitrogens with zero attached hydrogens (tertiary/aromatic N) is 3. The van der Waals surface area contributed by atoms with Crippen molar-refractivity contribution < 1.29 is 23.5 Å². The minimum absolute atomic E-state index is 0.0526. The van der Waals surface area contributed by atoms with Crippen molar-refractivity contribution in [3.8, 4) is 11.5 Å². The fraction of sp³-hybridized carbons (Fsp3) is 0.200. The van der Waals surface area contributed by atoms with Gasteiger partial charge >= 0.3 is 0 Å². The molecule has 0 fully saturated rings. The fourth-order valence-corrected chi connectivity index (χ4v) is 4.57. The predicted octanol–water partition coefficient (Wildman–Crippen LogP) is 4.66. The molecule has 10 heteroatoms. The third-order valence-corrected chi connectivity index (χ3v) is 6.33. The van der Waals surface area contributed by atoms with Gasteiger partial charge in [-0.2, -0.15) is 0 Å². The molecule has 1 unspecified atom stereocenters. The number of allylic oxidation sites excluding steroid dienone is 1. The molecule has 3 heterocycles. The van der Waals surface area contributed by atoms with E-state index in [4.69, 9.17) is 13.9 Å². The number of ether oxygens (including phenoxy) is 2. The fourth-order valence-electron chi connectivity index (χ4n) is 3.82. The van der Waals surface area contributed by atoms with Gasteiger partial charge in [0, 0.05) is 18.9 Å². The van der Waals surface area contributed by atoms with Crippen LogP contribution in [0, 0.1) is 0 Å². The largest absolute Gasteiger partial charge is 0.485 e. The summed E-state index contributed by atoms with van der Waals surface area (Å²) in [6.45, 7) is 5.95. The van der Waals surface area contributed by atoms with Crippen molar-refractivity contribution in [2.24, 2.45) is 0 Å². The first-order valence-electron chi connectivity index (χ1n) is 10.9. The molecule has 1 aliphatic heterocycles. The summed E-state index contributed by atoms with van der Waals surface area (Å²) in [6.07, 6.45) is 1.28. The number of carbonyl (C=O) groups excluding carboxylic acids is 2. The van der Waals surface area contributed by atoms with Crippen molar-refractivity contribution in [1.82, 2.24) is 14.8 Å². The Balaban J connectivity index is 1.32. The van der Waals surface area contributed by atoms with E-state index in [0.29, 0.717) is 52.3 Å². The zero-order valence-corrected chi connectivity index (χ0v) is 19.7. The van der Waals surface area contributed by atoms with Gasteiger partial charge in [0.05, 0.1) is 11.4 Å². The zero-order chi connectivity index (χ0) is 24.4. The van der Waals surface area contributed by atoms with Crippen molar-refractivity contribution in [3.05, 3.63) is 72.8 Å². The lowest BCUT2D eigenvalue weighted by molar-refractivity contribution is -0.113. The molecule has 2 aromatic carbocycles. The van der Waals surface area contributed by atoms with E-state index in [1.807, 2.05) is 34.9 Å². The molecule has 0 radical (unpaired) electrons. The number of aromatic nitrogens is 3. The van der Waals surface area contributed by atoms with Gasteiger partial charge in [-0.05, 0) is 24.3 Å². The van der Waals surface area contributed by atoms with Gasteiger partial charge in [0.15, 0.2) is 40.1 Å². The van der Waals surface area contributed by atoms with Crippen molar-refractivity contribution >= 4 is 40.1 Å². The van der Waals surface area contributed by atoms with E-state index in [1.54, 1.807) is 24.3 Å². The first kappa shape index (κ1) is 22.7. The second kappa shape index (κ2) is 9.67. The van der Waals surface area contributed by atoms with Crippen LogP contribution in [0.1, 0.15) is 29.4 Å². The highest BCUT2D eigenvalue weighted by Crippen LogP contribution is 2.36. The summed E-state index contributed by atoms with van der Waals surface area (Å²) in [5, 5.41) is 12.6. The average molecular weight is 491 g/mol. The van der Waals surface area contributed by atoms with Gasteiger partial charge in [-0.3, -0.25) is 14.2 Å². The molecule has 0 saturated carbocycles. The number of hydrogen-bond donors (Lipinski definition) is 1. The smallest absolute Gasteiger partial charge is 0.234 e. The molecule has 9 nitrogen and oxygen atoms in total. The van der Waals surface area contributed by atoms with Crippen LogP contribution in [0.5, 0.6) is 11.5 Å². The molecule has 0 saturated heterocycles. The molecular formula is C25H22N4O5S. The molecule has 2 aromatic heterocycles. The monoisotopic (exact) mass is 490 g/mol. The maximum atomic E-state index is 12.8. The second-order valence-electron chi connectivity index (χ2n) is 7.80. The molecule has 4 aromatic rings. The molecular weight excluding hydrogens is 468 g/mol. The summed E-state index contributed by atoms with van der Waals surface area (Å²) in [5.41, 5.74) is 0.908. The Labute approximate surface area is 205 Å². The number of benzene rings is 2. The Kier molecular flexibility index (Phi) is 6.28. The van der Waals surface area contributed by atoms with Crippen LogP contribution in [0.4, 0.5) is 5.69 Å². The van der Waals surface area contributed by atoms with Crippen molar-refractivity contribution in [2.75, 3.05) is 17.7 Å². The number of fused-ring (bicyclic) bond motifs is 2. The molecule has 35 heavy (non-hydrogen) atoms. The highest BCUT2D eigenvalue weighted by molar-refractivity contribution is 7.99. The summed E-state index contributed by atoms with van der Waals surface area (Å²) in [4.78, 5) is 24.8. The molecule has 1 aliphatic rings. The zero-order valence-electron chi connectivity index (χ0n) is 18.9. The second-order valence-corrected chi connectivity index (χ2v) is 8.74. The third-order valence-electron chi connectivity index (χ3n) is 5.37. The Morgan fingerprint density at radius 1 is 1.17 bits per heavy atom. The SMILES string of the molecule is C=CCn1c(SCC(=O)Nc2c(C(C)=O)oc3ccccc23)nnc1C1COc2ccccc2O1. The number of anilines is 1. The lowest BCUT2D eigenvalue weighted by Gasteiger charge is -2.26. The predicted molar refractivity (Wildman–Crippen MR) is 131 cm³/mol. The van der Waals surface area contributed by atoms with Crippen LogP contribution in [-0.2, 0) is 11.3 Å². The number of thioether (sulfide) groups is 1. The van der Waals surface area contributed by atoms with Crippen LogP contribution in [0.25, 0.3) is 11.0 Å². The summed E-state index contributed by atoms with van der Waals surface area (Å²) < 4.78 is 19.4. The average Bonchev–Trinajstić information content (AvgIpc) is 3.44. The minimum atomic E-state index is -0.448. The van der Waals surface area contributed by atoms with Crippen LogP contribution in [0.2, 0.25) is 0 Å². The summed E-state index contributed by atoms with van der Waals surface area (Å²) in [6, 6.07) is 14.6. The van der Waals surface area contributed by atoms with Gasteiger partial charge in [0.25, 0.3) is 0 Å². The van der Waals surface area contributed by atoms with Crippen LogP contribution >= 0.6 is 11.8 Å². The van der Waals surface area contributed by atoms with Crippen molar-refractivity contribution in [2.45, 2.75) is 24.7 Å².